The smallest absolute Gasteiger partial charge is 0.132 e. The molecule has 15 heavy (non-hydrogen) atoms. The summed E-state index contributed by atoms with van der Waals surface area (Å²) >= 11 is 1.52. The standard InChI is InChI=1S/C12H12FNS/c1-3-9-4-5-10(11(13)6-9)12-7-14-8(2)15-12/h4-7H,3H2,1-2H3. The van der Waals surface area contributed by atoms with E-state index < -0.39 is 0 Å². The van der Waals surface area contributed by atoms with Crippen LogP contribution >= 0.6 is 11.3 Å². The minimum Gasteiger partial charge on any atom is -0.249 e. The molecule has 1 aromatic heterocycles. The van der Waals surface area contributed by atoms with Gasteiger partial charge in [0.1, 0.15) is 5.82 Å². The third-order valence-electron chi connectivity index (χ3n) is 2.33. The van der Waals surface area contributed by atoms with Crippen molar-refractivity contribution in [1.29, 1.82) is 0 Å². The summed E-state index contributed by atoms with van der Waals surface area (Å²) in [5, 5.41) is 0.962. The predicted molar refractivity (Wildman–Crippen MR) is 61.6 cm³/mol. The van der Waals surface area contributed by atoms with E-state index in [-0.39, 0.29) is 5.82 Å². The molecule has 78 valence electrons. The lowest BCUT2D eigenvalue weighted by molar-refractivity contribution is 0.629. The van der Waals surface area contributed by atoms with E-state index in [1.165, 1.54) is 11.3 Å². The van der Waals surface area contributed by atoms with Crippen molar-refractivity contribution in [3.05, 3.63) is 40.8 Å². The molecule has 1 heterocycles. The number of rotatable bonds is 2. The van der Waals surface area contributed by atoms with Crippen molar-refractivity contribution in [2.24, 2.45) is 0 Å². The highest BCUT2D eigenvalue weighted by Crippen LogP contribution is 2.28. The maximum Gasteiger partial charge on any atom is 0.132 e. The molecule has 0 N–H and O–H groups in total. The number of hydrogen-bond acceptors (Lipinski definition) is 2. The van der Waals surface area contributed by atoms with Crippen LogP contribution in [0.3, 0.4) is 0 Å². The van der Waals surface area contributed by atoms with Crippen LogP contribution in [0.4, 0.5) is 4.39 Å². The van der Waals surface area contributed by atoms with Gasteiger partial charge in [-0.2, -0.15) is 0 Å². The SMILES string of the molecule is CCc1ccc(-c2cnc(C)s2)c(F)c1. The minimum absolute atomic E-state index is 0.155. The lowest BCUT2D eigenvalue weighted by Crippen LogP contribution is -1.86. The second-order valence-electron chi connectivity index (χ2n) is 3.41. The lowest BCUT2D eigenvalue weighted by Gasteiger charge is -2.01. The average molecular weight is 221 g/mol. The van der Waals surface area contributed by atoms with E-state index in [0.29, 0.717) is 5.56 Å². The van der Waals surface area contributed by atoms with Crippen LogP contribution in [0.2, 0.25) is 0 Å². The Morgan fingerprint density at radius 1 is 1.40 bits per heavy atom. The fourth-order valence-electron chi connectivity index (χ4n) is 1.46. The number of hydrogen-bond donors (Lipinski definition) is 0. The third-order valence-corrected chi connectivity index (χ3v) is 3.27. The molecule has 0 saturated carbocycles. The third kappa shape index (κ3) is 2.07. The van der Waals surface area contributed by atoms with Crippen LogP contribution in [-0.2, 0) is 6.42 Å². The van der Waals surface area contributed by atoms with Gasteiger partial charge < -0.3 is 0 Å². The first-order chi connectivity index (χ1) is 7.20. The quantitative estimate of drug-likeness (QED) is 0.751. The summed E-state index contributed by atoms with van der Waals surface area (Å²) in [6.45, 7) is 3.94. The first-order valence-electron chi connectivity index (χ1n) is 4.92. The summed E-state index contributed by atoms with van der Waals surface area (Å²) in [6, 6.07) is 5.40. The summed E-state index contributed by atoms with van der Waals surface area (Å²) in [5.41, 5.74) is 1.68. The van der Waals surface area contributed by atoms with Crippen molar-refractivity contribution in [3.8, 4) is 10.4 Å². The molecular weight excluding hydrogens is 209 g/mol. The molecule has 0 bridgehead atoms. The van der Waals surface area contributed by atoms with E-state index >= 15 is 0 Å². The molecular formula is C12H12FNS. The van der Waals surface area contributed by atoms with E-state index in [0.717, 1.165) is 21.9 Å². The van der Waals surface area contributed by atoms with Gasteiger partial charge in [0.15, 0.2) is 0 Å². The van der Waals surface area contributed by atoms with Gasteiger partial charge >= 0.3 is 0 Å². The van der Waals surface area contributed by atoms with Crippen molar-refractivity contribution in [2.75, 3.05) is 0 Å². The molecule has 0 aliphatic heterocycles. The zero-order valence-electron chi connectivity index (χ0n) is 8.75. The molecule has 3 heteroatoms. The Hall–Kier alpha value is -1.22. The predicted octanol–water partition coefficient (Wildman–Crippen LogP) is 3.82. The van der Waals surface area contributed by atoms with Gasteiger partial charge in [-0.15, -0.1) is 11.3 Å². The molecule has 1 nitrogen and oxygen atoms in total. The highest BCUT2D eigenvalue weighted by molar-refractivity contribution is 7.15. The van der Waals surface area contributed by atoms with Gasteiger partial charge in [0.2, 0.25) is 0 Å². The Labute approximate surface area is 92.6 Å². The monoisotopic (exact) mass is 221 g/mol. The van der Waals surface area contributed by atoms with Gasteiger partial charge in [-0.3, -0.25) is 0 Å². The van der Waals surface area contributed by atoms with Crippen LogP contribution in [0.15, 0.2) is 24.4 Å². The molecule has 0 amide bonds. The molecule has 0 fully saturated rings. The summed E-state index contributed by atoms with van der Waals surface area (Å²) in [4.78, 5) is 5.02. The summed E-state index contributed by atoms with van der Waals surface area (Å²) in [6.07, 6.45) is 2.59. The molecule has 1 aromatic carbocycles. The maximum atomic E-state index is 13.7. The Morgan fingerprint density at radius 3 is 2.73 bits per heavy atom. The van der Waals surface area contributed by atoms with Gasteiger partial charge in [0.05, 0.1) is 9.88 Å². The normalized spacial score (nSPS) is 10.6. The molecule has 0 radical (unpaired) electrons. The zero-order valence-corrected chi connectivity index (χ0v) is 9.57. The van der Waals surface area contributed by atoms with Gasteiger partial charge in [-0.1, -0.05) is 19.1 Å². The number of thiazole rings is 1. The number of aromatic nitrogens is 1. The van der Waals surface area contributed by atoms with Crippen LogP contribution in [-0.4, -0.2) is 4.98 Å². The average Bonchev–Trinajstić information content (AvgIpc) is 2.64. The molecule has 0 spiro atoms. The number of halogens is 1. The highest BCUT2D eigenvalue weighted by Gasteiger charge is 2.08. The summed E-state index contributed by atoms with van der Waals surface area (Å²) < 4.78 is 13.7. The van der Waals surface area contributed by atoms with E-state index in [9.17, 15) is 4.39 Å². The van der Waals surface area contributed by atoms with E-state index in [4.69, 9.17) is 0 Å². The molecule has 0 unspecified atom stereocenters. The van der Waals surface area contributed by atoms with Gasteiger partial charge in [0.25, 0.3) is 0 Å². The first-order valence-corrected chi connectivity index (χ1v) is 5.73. The van der Waals surface area contributed by atoms with Crippen LogP contribution in [0.25, 0.3) is 10.4 Å². The van der Waals surface area contributed by atoms with Gasteiger partial charge in [-0.25, -0.2) is 9.37 Å². The minimum atomic E-state index is -0.155. The highest BCUT2D eigenvalue weighted by atomic mass is 32.1. The molecule has 0 aliphatic rings. The molecule has 0 aliphatic carbocycles. The number of benzene rings is 1. The van der Waals surface area contributed by atoms with Crippen molar-refractivity contribution < 1.29 is 4.39 Å². The van der Waals surface area contributed by atoms with Gasteiger partial charge in [0, 0.05) is 11.8 Å². The zero-order chi connectivity index (χ0) is 10.8. The summed E-state index contributed by atoms with van der Waals surface area (Å²) in [7, 11) is 0. The lowest BCUT2D eigenvalue weighted by atomic mass is 10.1. The molecule has 0 atom stereocenters. The van der Waals surface area contributed by atoms with Crippen LogP contribution in [0.5, 0.6) is 0 Å². The van der Waals surface area contributed by atoms with E-state index in [1.54, 1.807) is 12.3 Å². The van der Waals surface area contributed by atoms with E-state index in [2.05, 4.69) is 4.98 Å². The Bertz CT molecular complexity index is 476. The van der Waals surface area contributed by atoms with Gasteiger partial charge in [-0.05, 0) is 25.0 Å². The maximum absolute atomic E-state index is 13.7. The van der Waals surface area contributed by atoms with Crippen molar-refractivity contribution in [2.45, 2.75) is 20.3 Å². The van der Waals surface area contributed by atoms with Crippen molar-refractivity contribution in [1.82, 2.24) is 4.98 Å². The molecule has 2 aromatic rings. The first kappa shape index (κ1) is 10.3. The second-order valence-corrected chi connectivity index (χ2v) is 4.65. The number of aryl methyl sites for hydroxylation is 2. The largest absolute Gasteiger partial charge is 0.249 e. The summed E-state index contributed by atoms with van der Waals surface area (Å²) in [5.74, 6) is -0.155. The Kier molecular flexibility index (Phi) is 2.82. The number of nitrogens with zero attached hydrogens (tertiary/aromatic N) is 1. The molecule has 0 saturated heterocycles. The van der Waals surface area contributed by atoms with Crippen LogP contribution < -0.4 is 0 Å². The Morgan fingerprint density at radius 2 is 2.20 bits per heavy atom. The van der Waals surface area contributed by atoms with Crippen molar-refractivity contribution in [3.63, 3.8) is 0 Å². The topological polar surface area (TPSA) is 12.9 Å². The Balaban J connectivity index is 2.45. The second kappa shape index (κ2) is 4.11. The van der Waals surface area contributed by atoms with Crippen molar-refractivity contribution >= 4 is 11.3 Å². The fourth-order valence-corrected chi connectivity index (χ4v) is 2.27. The van der Waals surface area contributed by atoms with E-state index in [1.807, 2.05) is 26.0 Å². The van der Waals surface area contributed by atoms with Crippen LogP contribution in [0, 0.1) is 12.7 Å². The molecule has 2 rings (SSSR count). The van der Waals surface area contributed by atoms with Crippen LogP contribution in [0.1, 0.15) is 17.5 Å². The fraction of sp³-hybridized carbons (Fsp3) is 0.250.